The van der Waals surface area contributed by atoms with E-state index in [0.717, 1.165) is 35.4 Å². The molecule has 0 saturated heterocycles. The minimum absolute atomic E-state index is 0.180. The number of nitrogens with zero attached hydrogens (tertiary/aromatic N) is 2. The van der Waals surface area contributed by atoms with Crippen LogP contribution >= 0.6 is 0 Å². The summed E-state index contributed by atoms with van der Waals surface area (Å²) in [5.41, 5.74) is 2.80. The van der Waals surface area contributed by atoms with E-state index < -0.39 is 0 Å². The van der Waals surface area contributed by atoms with Gasteiger partial charge in [0.15, 0.2) is 0 Å². The first-order valence-electron chi connectivity index (χ1n) is 7.22. The molecule has 1 aromatic heterocycles. The lowest BCUT2D eigenvalue weighted by molar-refractivity contribution is 0.475. The van der Waals surface area contributed by atoms with Gasteiger partial charge in [-0.2, -0.15) is 4.98 Å². The summed E-state index contributed by atoms with van der Waals surface area (Å²) in [7, 11) is 0. The molecule has 2 aromatic carbocycles. The zero-order valence-electron chi connectivity index (χ0n) is 11.9. The van der Waals surface area contributed by atoms with Gasteiger partial charge in [-0.3, -0.25) is 4.79 Å². The second kappa shape index (κ2) is 4.84. The molecule has 0 spiro atoms. The fourth-order valence-electron chi connectivity index (χ4n) is 2.94. The van der Waals surface area contributed by atoms with Crippen LogP contribution in [0.15, 0.2) is 53.3 Å². The number of allylic oxidation sites excluding steroid dienone is 1. The smallest absolute Gasteiger partial charge is 0.281 e. The first-order chi connectivity index (χ1) is 10.7. The molecule has 0 amide bonds. The Morgan fingerprint density at radius 2 is 1.86 bits per heavy atom. The molecule has 22 heavy (non-hydrogen) atoms. The highest BCUT2D eigenvalue weighted by Crippen LogP contribution is 2.29. The van der Waals surface area contributed by atoms with Gasteiger partial charge in [-0.15, -0.1) is 0 Å². The van der Waals surface area contributed by atoms with Gasteiger partial charge in [0.05, 0.1) is 10.9 Å². The maximum absolute atomic E-state index is 12.2. The van der Waals surface area contributed by atoms with Gasteiger partial charge in [0.1, 0.15) is 11.6 Å². The Morgan fingerprint density at radius 3 is 2.68 bits per heavy atom. The molecule has 1 N–H and O–H groups in total. The summed E-state index contributed by atoms with van der Waals surface area (Å²) < 4.78 is 2.10. The standard InChI is InChI=1S/C18H14N2O2/c21-14-7-5-12(6-8-14)11-13-9-10-20-16-4-2-1-3-15(16)18(22)19-17(13)20/h1-8,11,21H,9-10H2. The number of benzene rings is 2. The predicted molar refractivity (Wildman–Crippen MR) is 86.6 cm³/mol. The molecule has 4 heteroatoms. The quantitative estimate of drug-likeness (QED) is 0.749. The van der Waals surface area contributed by atoms with Gasteiger partial charge in [-0.05, 0) is 47.9 Å². The van der Waals surface area contributed by atoms with Gasteiger partial charge >= 0.3 is 0 Å². The SMILES string of the molecule is O=c1nc2n(c3ccccc13)CCC2=Cc1ccc(O)cc1. The summed E-state index contributed by atoms with van der Waals surface area (Å²) in [5, 5.41) is 10.0. The number of hydrogen-bond acceptors (Lipinski definition) is 3. The van der Waals surface area contributed by atoms with Crippen LogP contribution in [0.2, 0.25) is 0 Å². The maximum Gasteiger partial charge on any atom is 0.281 e. The third kappa shape index (κ3) is 2.00. The zero-order chi connectivity index (χ0) is 15.1. The van der Waals surface area contributed by atoms with Crippen LogP contribution in [0.4, 0.5) is 0 Å². The molecule has 0 aliphatic carbocycles. The number of aromatic nitrogens is 2. The van der Waals surface area contributed by atoms with Crippen molar-refractivity contribution >= 4 is 22.6 Å². The third-order valence-electron chi connectivity index (χ3n) is 4.01. The second-order valence-corrected chi connectivity index (χ2v) is 5.42. The van der Waals surface area contributed by atoms with Crippen LogP contribution < -0.4 is 5.56 Å². The molecule has 4 nitrogen and oxygen atoms in total. The molecule has 2 heterocycles. The van der Waals surface area contributed by atoms with Crippen LogP contribution in [-0.2, 0) is 6.54 Å². The minimum atomic E-state index is -0.180. The summed E-state index contributed by atoms with van der Waals surface area (Å²) >= 11 is 0. The topological polar surface area (TPSA) is 55.1 Å². The first-order valence-corrected chi connectivity index (χ1v) is 7.22. The number of phenolic OH excluding ortho intramolecular Hbond substituents is 1. The number of phenols is 1. The zero-order valence-corrected chi connectivity index (χ0v) is 11.9. The molecule has 0 atom stereocenters. The van der Waals surface area contributed by atoms with Crippen LogP contribution in [0.1, 0.15) is 17.8 Å². The van der Waals surface area contributed by atoms with Gasteiger partial charge in [0, 0.05) is 6.54 Å². The van der Waals surface area contributed by atoms with Crippen LogP contribution in [0.3, 0.4) is 0 Å². The van der Waals surface area contributed by atoms with E-state index in [9.17, 15) is 9.90 Å². The molecule has 0 radical (unpaired) electrons. The van der Waals surface area contributed by atoms with Crippen molar-refractivity contribution in [2.45, 2.75) is 13.0 Å². The number of rotatable bonds is 1. The van der Waals surface area contributed by atoms with E-state index in [1.807, 2.05) is 42.5 Å². The molecule has 0 bridgehead atoms. The minimum Gasteiger partial charge on any atom is -0.508 e. The average Bonchev–Trinajstić information content (AvgIpc) is 2.93. The van der Waals surface area contributed by atoms with E-state index >= 15 is 0 Å². The highest BCUT2D eigenvalue weighted by molar-refractivity contribution is 5.85. The molecule has 3 aromatic rings. The fourth-order valence-corrected chi connectivity index (χ4v) is 2.94. The lowest BCUT2D eigenvalue weighted by Crippen LogP contribution is -2.14. The van der Waals surface area contributed by atoms with Crippen LogP contribution in [0, 0.1) is 0 Å². The Bertz CT molecular complexity index is 953. The van der Waals surface area contributed by atoms with Gasteiger partial charge in [-0.1, -0.05) is 24.3 Å². The van der Waals surface area contributed by atoms with Crippen molar-refractivity contribution in [3.05, 3.63) is 70.3 Å². The molecular weight excluding hydrogens is 276 g/mol. The summed E-state index contributed by atoms with van der Waals surface area (Å²) in [6.07, 6.45) is 2.88. The molecule has 0 fully saturated rings. The van der Waals surface area contributed by atoms with E-state index in [4.69, 9.17) is 0 Å². The Morgan fingerprint density at radius 1 is 1.09 bits per heavy atom. The molecule has 1 aliphatic rings. The number of hydrogen-bond donors (Lipinski definition) is 1. The predicted octanol–water partition coefficient (Wildman–Crippen LogP) is 3.05. The number of para-hydroxylation sites is 1. The normalized spacial score (nSPS) is 15.4. The summed E-state index contributed by atoms with van der Waals surface area (Å²) in [6, 6.07) is 14.6. The molecular formula is C18H14N2O2. The van der Waals surface area contributed by atoms with E-state index in [2.05, 4.69) is 9.55 Å². The fraction of sp³-hybridized carbons (Fsp3) is 0.111. The largest absolute Gasteiger partial charge is 0.508 e. The lowest BCUT2D eigenvalue weighted by atomic mass is 10.1. The molecule has 108 valence electrons. The highest BCUT2D eigenvalue weighted by atomic mass is 16.3. The Balaban J connectivity index is 1.89. The van der Waals surface area contributed by atoms with E-state index in [1.165, 1.54) is 0 Å². The monoisotopic (exact) mass is 290 g/mol. The molecule has 1 aliphatic heterocycles. The van der Waals surface area contributed by atoms with E-state index in [0.29, 0.717) is 5.39 Å². The maximum atomic E-state index is 12.2. The number of aromatic hydroxyl groups is 1. The Kier molecular flexibility index (Phi) is 2.82. The van der Waals surface area contributed by atoms with Crippen molar-refractivity contribution in [1.82, 2.24) is 9.55 Å². The van der Waals surface area contributed by atoms with Crippen molar-refractivity contribution in [1.29, 1.82) is 0 Å². The van der Waals surface area contributed by atoms with Gasteiger partial charge in [0.2, 0.25) is 0 Å². The summed E-state index contributed by atoms with van der Waals surface area (Å²) in [5.74, 6) is 0.992. The number of aryl methyl sites for hydroxylation is 1. The van der Waals surface area contributed by atoms with Crippen LogP contribution in [-0.4, -0.2) is 14.7 Å². The second-order valence-electron chi connectivity index (χ2n) is 5.42. The van der Waals surface area contributed by atoms with E-state index in [-0.39, 0.29) is 11.3 Å². The first kappa shape index (κ1) is 12.8. The third-order valence-corrected chi connectivity index (χ3v) is 4.01. The number of fused-ring (bicyclic) bond motifs is 3. The Hall–Kier alpha value is -2.88. The van der Waals surface area contributed by atoms with Gasteiger partial charge in [0.25, 0.3) is 5.56 Å². The summed E-state index contributed by atoms with van der Waals surface area (Å²) in [4.78, 5) is 16.5. The van der Waals surface area contributed by atoms with E-state index in [1.54, 1.807) is 12.1 Å². The highest BCUT2D eigenvalue weighted by Gasteiger charge is 2.20. The molecule has 0 saturated carbocycles. The molecule has 4 rings (SSSR count). The van der Waals surface area contributed by atoms with Crippen molar-refractivity contribution in [2.75, 3.05) is 0 Å². The lowest BCUT2D eigenvalue weighted by Gasteiger charge is -2.07. The van der Waals surface area contributed by atoms with Gasteiger partial charge in [-0.25, -0.2) is 0 Å². The van der Waals surface area contributed by atoms with Crippen molar-refractivity contribution < 1.29 is 5.11 Å². The van der Waals surface area contributed by atoms with Crippen molar-refractivity contribution in [3.8, 4) is 5.75 Å². The average molecular weight is 290 g/mol. The van der Waals surface area contributed by atoms with Gasteiger partial charge < -0.3 is 9.67 Å². The molecule has 0 unspecified atom stereocenters. The summed E-state index contributed by atoms with van der Waals surface area (Å²) in [6.45, 7) is 0.826. The van der Waals surface area contributed by atoms with Crippen molar-refractivity contribution in [2.24, 2.45) is 0 Å². The van der Waals surface area contributed by atoms with Crippen LogP contribution in [0.5, 0.6) is 5.75 Å². The Labute approximate surface area is 127 Å². The van der Waals surface area contributed by atoms with Crippen molar-refractivity contribution in [3.63, 3.8) is 0 Å². The van der Waals surface area contributed by atoms with Crippen LogP contribution in [0.25, 0.3) is 22.6 Å².